The van der Waals surface area contributed by atoms with Crippen molar-refractivity contribution in [3.63, 3.8) is 0 Å². The van der Waals surface area contributed by atoms with E-state index in [1.165, 1.54) is 12.5 Å². The first-order valence-electron chi connectivity index (χ1n) is 4.83. The highest BCUT2D eigenvalue weighted by Crippen LogP contribution is 1.99. The molecule has 0 spiro atoms. The molecule has 0 radical (unpaired) electrons. The number of rotatable bonds is 6. The summed E-state index contributed by atoms with van der Waals surface area (Å²) in [6, 6.07) is -0.959. The maximum absolute atomic E-state index is 11.2. The Morgan fingerprint density at radius 3 is 2.76 bits per heavy atom. The number of amides is 1. The average molecular weight is 263 g/mol. The molecule has 7 nitrogen and oxygen atoms in total. The minimum atomic E-state index is -1.08. The minimum absolute atomic E-state index is 0. The summed E-state index contributed by atoms with van der Waals surface area (Å²) in [5.74, 6) is -1.45. The number of nitrogens with two attached hydrogens (primary N) is 1. The van der Waals surface area contributed by atoms with Crippen molar-refractivity contribution in [2.75, 3.05) is 6.54 Å². The summed E-state index contributed by atoms with van der Waals surface area (Å²) in [5, 5.41) is 11.3. The van der Waals surface area contributed by atoms with Crippen molar-refractivity contribution in [3.05, 3.63) is 18.2 Å². The molecule has 0 unspecified atom stereocenters. The third-order valence-electron chi connectivity index (χ3n) is 1.98. The number of hydrogen-bond acceptors (Lipinski definition) is 4. The number of nitrogens with zero attached hydrogens (tertiary/aromatic N) is 1. The lowest BCUT2D eigenvalue weighted by atomic mass is 10.1. The summed E-state index contributed by atoms with van der Waals surface area (Å²) < 4.78 is 0. The standard InChI is InChI=1S/C9H14N4O3.ClH/c10-2-1-8(14)13-7(9(15)16)3-6-4-11-5-12-6;/h4-5,7H,1-3,10H2,(H,11,12)(H,13,14)(H,15,16);1H/t7-;/m0./s1. The zero-order valence-electron chi connectivity index (χ0n) is 9.05. The lowest BCUT2D eigenvalue weighted by Crippen LogP contribution is -2.42. The number of nitrogens with one attached hydrogen (secondary N) is 2. The monoisotopic (exact) mass is 262 g/mol. The second-order valence-corrected chi connectivity index (χ2v) is 3.28. The summed E-state index contributed by atoms with van der Waals surface area (Å²) in [4.78, 5) is 28.6. The number of halogens is 1. The van der Waals surface area contributed by atoms with E-state index >= 15 is 0 Å². The van der Waals surface area contributed by atoms with Gasteiger partial charge in [0.25, 0.3) is 0 Å². The zero-order chi connectivity index (χ0) is 12.0. The van der Waals surface area contributed by atoms with Gasteiger partial charge in [-0.1, -0.05) is 0 Å². The van der Waals surface area contributed by atoms with Crippen LogP contribution >= 0.6 is 12.4 Å². The summed E-state index contributed by atoms with van der Waals surface area (Å²) >= 11 is 0. The van der Waals surface area contributed by atoms with E-state index in [0.717, 1.165) is 0 Å². The molecule has 1 amide bonds. The van der Waals surface area contributed by atoms with Gasteiger partial charge in [0.2, 0.25) is 5.91 Å². The highest BCUT2D eigenvalue weighted by Gasteiger charge is 2.20. The van der Waals surface area contributed by atoms with Crippen LogP contribution in [-0.4, -0.2) is 39.5 Å². The number of H-pyrrole nitrogens is 1. The third-order valence-corrected chi connectivity index (χ3v) is 1.98. The van der Waals surface area contributed by atoms with Crippen molar-refractivity contribution in [1.29, 1.82) is 0 Å². The Bertz CT molecular complexity index is 355. The van der Waals surface area contributed by atoms with E-state index < -0.39 is 12.0 Å². The Labute approximate surface area is 104 Å². The Morgan fingerprint density at radius 1 is 1.59 bits per heavy atom. The molecule has 0 fully saturated rings. The molecule has 0 saturated carbocycles. The van der Waals surface area contributed by atoms with E-state index in [1.807, 2.05) is 0 Å². The maximum atomic E-state index is 11.2. The van der Waals surface area contributed by atoms with Gasteiger partial charge in [-0.2, -0.15) is 0 Å². The number of carboxylic acid groups (broad SMARTS) is 1. The van der Waals surface area contributed by atoms with Crippen LogP contribution in [0.4, 0.5) is 0 Å². The zero-order valence-corrected chi connectivity index (χ0v) is 9.87. The van der Waals surface area contributed by atoms with Gasteiger partial charge < -0.3 is 21.1 Å². The van der Waals surface area contributed by atoms with Crippen LogP contribution in [0.3, 0.4) is 0 Å². The number of carboxylic acids is 1. The number of carbonyl (C=O) groups is 2. The number of aliphatic carboxylic acids is 1. The van der Waals surface area contributed by atoms with Gasteiger partial charge in [-0.3, -0.25) is 4.79 Å². The summed E-state index contributed by atoms with van der Waals surface area (Å²) in [6.07, 6.45) is 3.26. The largest absolute Gasteiger partial charge is 0.480 e. The molecule has 0 aromatic carbocycles. The number of hydrogen-bond donors (Lipinski definition) is 4. The molecule has 1 aromatic rings. The molecule has 0 aliphatic rings. The van der Waals surface area contributed by atoms with Gasteiger partial charge in [-0.05, 0) is 0 Å². The van der Waals surface area contributed by atoms with Gasteiger partial charge in [0.05, 0.1) is 6.33 Å². The molecule has 0 aliphatic heterocycles. The van der Waals surface area contributed by atoms with Gasteiger partial charge in [0.15, 0.2) is 0 Å². The van der Waals surface area contributed by atoms with E-state index in [4.69, 9.17) is 10.8 Å². The van der Waals surface area contributed by atoms with E-state index in [9.17, 15) is 9.59 Å². The van der Waals surface area contributed by atoms with Crippen LogP contribution in [0.5, 0.6) is 0 Å². The summed E-state index contributed by atoms with van der Waals surface area (Å²) in [6.45, 7) is 0.197. The molecule has 8 heteroatoms. The van der Waals surface area contributed by atoms with E-state index in [2.05, 4.69) is 15.3 Å². The van der Waals surface area contributed by atoms with Crippen molar-refractivity contribution in [2.45, 2.75) is 18.9 Å². The van der Waals surface area contributed by atoms with Crippen molar-refractivity contribution >= 4 is 24.3 Å². The van der Waals surface area contributed by atoms with E-state index in [0.29, 0.717) is 5.69 Å². The van der Waals surface area contributed by atoms with Gasteiger partial charge in [-0.25, -0.2) is 9.78 Å². The Hall–Kier alpha value is -1.60. The second kappa shape index (κ2) is 7.64. The van der Waals surface area contributed by atoms with Crippen molar-refractivity contribution in [2.24, 2.45) is 5.73 Å². The summed E-state index contributed by atoms with van der Waals surface area (Å²) in [7, 11) is 0. The van der Waals surface area contributed by atoms with Crippen molar-refractivity contribution in [1.82, 2.24) is 15.3 Å². The number of carbonyl (C=O) groups excluding carboxylic acids is 1. The minimum Gasteiger partial charge on any atom is -0.480 e. The van der Waals surface area contributed by atoms with Crippen LogP contribution in [0, 0.1) is 0 Å². The van der Waals surface area contributed by atoms with Crippen LogP contribution < -0.4 is 11.1 Å². The molecule has 0 saturated heterocycles. The van der Waals surface area contributed by atoms with Crippen LogP contribution in [0.2, 0.25) is 0 Å². The Kier molecular flexibility index (Phi) is 6.92. The van der Waals surface area contributed by atoms with E-state index in [1.54, 1.807) is 0 Å². The normalized spacial score (nSPS) is 11.4. The lowest BCUT2D eigenvalue weighted by Gasteiger charge is -2.13. The third kappa shape index (κ3) is 5.32. The first kappa shape index (κ1) is 15.4. The van der Waals surface area contributed by atoms with E-state index in [-0.39, 0.29) is 37.7 Å². The molecule has 1 rings (SSSR count). The fraction of sp³-hybridized carbons (Fsp3) is 0.444. The molecule has 1 heterocycles. The lowest BCUT2D eigenvalue weighted by molar-refractivity contribution is -0.141. The molecular weight excluding hydrogens is 248 g/mol. The van der Waals surface area contributed by atoms with Gasteiger partial charge >= 0.3 is 5.97 Å². The summed E-state index contributed by atoms with van der Waals surface area (Å²) in [5.41, 5.74) is 5.85. The number of imidazole rings is 1. The fourth-order valence-electron chi connectivity index (χ4n) is 1.21. The highest BCUT2D eigenvalue weighted by molar-refractivity contribution is 5.85. The van der Waals surface area contributed by atoms with Crippen LogP contribution in [-0.2, 0) is 16.0 Å². The fourth-order valence-corrected chi connectivity index (χ4v) is 1.21. The average Bonchev–Trinajstić information content (AvgIpc) is 2.69. The molecule has 0 aliphatic carbocycles. The molecule has 96 valence electrons. The molecule has 5 N–H and O–H groups in total. The smallest absolute Gasteiger partial charge is 0.326 e. The topological polar surface area (TPSA) is 121 Å². The number of aromatic nitrogens is 2. The maximum Gasteiger partial charge on any atom is 0.326 e. The van der Waals surface area contributed by atoms with Gasteiger partial charge in [0, 0.05) is 31.3 Å². The molecule has 1 aromatic heterocycles. The van der Waals surface area contributed by atoms with Gasteiger partial charge in [0.1, 0.15) is 6.04 Å². The van der Waals surface area contributed by atoms with Crippen LogP contribution in [0.15, 0.2) is 12.5 Å². The first-order chi connectivity index (χ1) is 7.63. The Morgan fingerprint density at radius 2 is 2.29 bits per heavy atom. The van der Waals surface area contributed by atoms with Crippen LogP contribution in [0.25, 0.3) is 0 Å². The molecule has 1 atom stereocenters. The second-order valence-electron chi connectivity index (χ2n) is 3.28. The molecule has 17 heavy (non-hydrogen) atoms. The van der Waals surface area contributed by atoms with Crippen LogP contribution in [0.1, 0.15) is 12.1 Å². The number of aromatic amines is 1. The predicted octanol–water partition coefficient (Wildman–Crippen LogP) is -0.708. The van der Waals surface area contributed by atoms with Crippen molar-refractivity contribution < 1.29 is 14.7 Å². The van der Waals surface area contributed by atoms with Gasteiger partial charge in [-0.15, -0.1) is 12.4 Å². The molecule has 0 bridgehead atoms. The highest BCUT2D eigenvalue weighted by atomic mass is 35.5. The quantitative estimate of drug-likeness (QED) is 0.540. The predicted molar refractivity (Wildman–Crippen MR) is 62.8 cm³/mol. The Balaban J connectivity index is 0.00000256. The SMILES string of the molecule is Cl.NCCC(=O)N[C@@H](Cc1cnc[nH]1)C(=O)O. The van der Waals surface area contributed by atoms with Crippen molar-refractivity contribution in [3.8, 4) is 0 Å². The first-order valence-corrected chi connectivity index (χ1v) is 4.83. The molecular formula is C9H15ClN4O3.